The van der Waals surface area contributed by atoms with E-state index in [1.165, 1.54) is 6.20 Å². The summed E-state index contributed by atoms with van der Waals surface area (Å²) in [6.07, 6.45) is 2.79. The molecule has 0 saturated carbocycles. The van der Waals surface area contributed by atoms with Crippen molar-refractivity contribution in [2.24, 2.45) is 11.8 Å². The second-order valence-corrected chi connectivity index (χ2v) is 5.12. The average Bonchev–Trinajstić information content (AvgIpc) is 2.25. The van der Waals surface area contributed by atoms with E-state index >= 15 is 0 Å². The van der Waals surface area contributed by atoms with Gasteiger partial charge in [-0.1, -0.05) is 13.8 Å². The van der Waals surface area contributed by atoms with Crippen molar-refractivity contribution in [3.8, 4) is 0 Å². The lowest BCUT2D eigenvalue weighted by Gasteiger charge is -2.16. The number of nitrogens with one attached hydrogen (secondary N) is 1. The fourth-order valence-electron chi connectivity index (χ4n) is 1.32. The van der Waals surface area contributed by atoms with Gasteiger partial charge in [-0.05, 0) is 17.7 Å². The SMILES string of the molecule is CC(C)CSCC(NN)c1ccncc1F. The average molecular weight is 243 g/mol. The molecule has 90 valence electrons. The molecule has 0 fully saturated rings. The first-order chi connectivity index (χ1) is 7.65. The van der Waals surface area contributed by atoms with Gasteiger partial charge < -0.3 is 0 Å². The first kappa shape index (κ1) is 13.4. The second-order valence-electron chi connectivity index (χ2n) is 4.05. The summed E-state index contributed by atoms with van der Waals surface area (Å²) in [7, 11) is 0. The third-order valence-electron chi connectivity index (χ3n) is 2.12. The minimum atomic E-state index is -0.310. The first-order valence-corrected chi connectivity index (χ1v) is 6.44. The Morgan fingerprint density at radius 1 is 1.50 bits per heavy atom. The van der Waals surface area contributed by atoms with Crippen molar-refractivity contribution in [1.82, 2.24) is 10.4 Å². The van der Waals surface area contributed by atoms with Crippen LogP contribution in [0.15, 0.2) is 18.5 Å². The molecule has 0 amide bonds. The molecule has 0 aromatic carbocycles. The molecule has 3 N–H and O–H groups in total. The van der Waals surface area contributed by atoms with Crippen molar-refractivity contribution in [1.29, 1.82) is 0 Å². The molecule has 3 nitrogen and oxygen atoms in total. The smallest absolute Gasteiger partial charge is 0.146 e. The number of rotatable bonds is 6. The third kappa shape index (κ3) is 4.08. The van der Waals surface area contributed by atoms with Crippen LogP contribution in [0.2, 0.25) is 0 Å². The number of hydrogen-bond acceptors (Lipinski definition) is 4. The summed E-state index contributed by atoms with van der Waals surface area (Å²) < 4.78 is 13.4. The molecule has 0 radical (unpaired) electrons. The summed E-state index contributed by atoms with van der Waals surface area (Å²) >= 11 is 1.77. The van der Waals surface area contributed by atoms with Gasteiger partial charge in [0.25, 0.3) is 0 Å². The molecule has 1 rings (SSSR count). The number of hydrazine groups is 1. The summed E-state index contributed by atoms with van der Waals surface area (Å²) in [4.78, 5) is 3.72. The van der Waals surface area contributed by atoms with Gasteiger partial charge in [-0.3, -0.25) is 16.3 Å². The van der Waals surface area contributed by atoms with Gasteiger partial charge in [0, 0.05) is 17.5 Å². The number of halogens is 1. The second kappa shape index (κ2) is 6.83. The van der Waals surface area contributed by atoms with Gasteiger partial charge >= 0.3 is 0 Å². The van der Waals surface area contributed by atoms with E-state index in [0.29, 0.717) is 11.5 Å². The van der Waals surface area contributed by atoms with Gasteiger partial charge in [-0.2, -0.15) is 11.8 Å². The Morgan fingerprint density at radius 2 is 2.25 bits per heavy atom. The molecule has 1 atom stereocenters. The van der Waals surface area contributed by atoms with Crippen molar-refractivity contribution in [2.45, 2.75) is 19.9 Å². The maximum atomic E-state index is 13.4. The number of pyridine rings is 1. The molecular formula is C11H18FN3S. The Bertz CT molecular complexity index is 320. The Kier molecular flexibility index (Phi) is 5.73. The van der Waals surface area contributed by atoms with Crippen LogP contribution in [-0.4, -0.2) is 16.5 Å². The first-order valence-electron chi connectivity index (χ1n) is 5.28. The molecule has 1 aromatic rings. The molecule has 1 heterocycles. The maximum absolute atomic E-state index is 13.4. The van der Waals surface area contributed by atoms with Crippen LogP contribution in [-0.2, 0) is 0 Å². The van der Waals surface area contributed by atoms with E-state index in [9.17, 15) is 4.39 Å². The summed E-state index contributed by atoms with van der Waals surface area (Å²) in [5.74, 6) is 7.57. The Morgan fingerprint density at radius 3 is 2.81 bits per heavy atom. The Hall–Kier alpha value is -0.650. The minimum Gasteiger partial charge on any atom is -0.271 e. The fraction of sp³-hybridized carbons (Fsp3) is 0.545. The van der Waals surface area contributed by atoms with Crippen LogP contribution < -0.4 is 11.3 Å². The van der Waals surface area contributed by atoms with E-state index in [-0.39, 0.29) is 11.9 Å². The van der Waals surface area contributed by atoms with E-state index in [0.717, 1.165) is 11.5 Å². The highest BCUT2D eigenvalue weighted by Gasteiger charge is 2.14. The predicted molar refractivity (Wildman–Crippen MR) is 66.4 cm³/mol. The molecule has 1 aromatic heterocycles. The number of hydrogen-bond donors (Lipinski definition) is 2. The molecule has 0 saturated heterocycles. The number of thioether (sulfide) groups is 1. The lowest BCUT2D eigenvalue weighted by atomic mass is 10.1. The van der Waals surface area contributed by atoms with Gasteiger partial charge in [-0.15, -0.1) is 0 Å². The largest absolute Gasteiger partial charge is 0.271 e. The maximum Gasteiger partial charge on any atom is 0.146 e. The third-order valence-corrected chi connectivity index (χ3v) is 3.59. The van der Waals surface area contributed by atoms with Gasteiger partial charge in [-0.25, -0.2) is 4.39 Å². The van der Waals surface area contributed by atoms with Gasteiger partial charge in [0.2, 0.25) is 0 Å². The molecule has 0 spiro atoms. The quantitative estimate of drug-likeness (QED) is 0.593. The monoisotopic (exact) mass is 243 g/mol. The standard InChI is InChI=1S/C11H18FN3S/c1-8(2)6-16-7-11(15-13)9-3-4-14-5-10(9)12/h3-5,8,11,15H,6-7,13H2,1-2H3. The van der Waals surface area contributed by atoms with Gasteiger partial charge in [0.05, 0.1) is 12.2 Å². The zero-order valence-corrected chi connectivity index (χ0v) is 10.4. The lowest BCUT2D eigenvalue weighted by Crippen LogP contribution is -2.30. The fourth-order valence-corrected chi connectivity index (χ4v) is 2.44. The van der Waals surface area contributed by atoms with E-state index in [1.54, 1.807) is 24.0 Å². The molecule has 0 aliphatic carbocycles. The summed E-state index contributed by atoms with van der Waals surface area (Å²) in [6, 6.07) is 1.50. The molecule has 0 aliphatic heterocycles. The highest BCUT2D eigenvalue weighted by molar-refractivity contribution is 7.99. The van der Waals surface area contributed by atoms with Crippen molar-refractivity contribution < 1.29 is 4.39 Å². The number of nitrogens with zero attached hydrogens (tertiary/aromatic N) is 1. The lowest BCUT2D eigenvalue weighted by molar-refractivity contribution is 0.542. The molecular weight excluding hydrogens is 225 g/mol. The zero-order valence-electron chi connectivity index (χ0n) is 9.61. The van der Waals surface area contributed by atoms with Crippen LogP contribution in [0.1, 0.15) is 25.5 Å². The van der Waals surface area contributed by atoms with Gasteiger partial charge in [0.1, 0.15) is 5.82 Å². The topological polar surface area (TPSA) is 50.9 Å². The summed E-state index contributed by atoms with van der Waals surface area (Å²) in [6.45, 7) is 4.32. The van der Waals surface area contributed by atoms with Crippen LogP contribution in [0.3, 0.4) is 0 Å². The number of nitrogens with two attached hydrogens (primary N) is 1. The normalized spacial score (nSPS) is 13.1. The molecule has 5 heteroatoms. The highest BCUT2D eigenvalue weighted by Crippen LogP contribution is 2.20. The van der Waals surface area contributed by atoms with Crippen molar-refractivity contribution >= 4 is 11.8 Å². The Balaban J connectivity index is 2.57. The summed E-state index contributed by atoms with van der Waals surface area (Å²) in [5.41, 5.74) is 3.22. The van der Waals surface area contributed by atoms with Crippen LogP contribution in [0.4, 0.5) is 4.39 Å². The van der Waals surface area contributed by atoms with Crippen LogP contribution in [0, 0.1) is 11.7 Å². The highest BCUT2D eigenvalue weighted by atomic mass is 32.2. The van der Waals surface area contributed by atoms with E-state index in [4.69, 9.17) is 5.84 Å². The van der Waals surface area contributed by atoms with Crippen molar-refractivity contribution in [2.75, 3.05) is 11.5 Å². The summed E-state index contributed by atoms with van der Waals surface area (Å²) in [5, 5.41) is 0. The van der Waals surface area contributed by atoms with Crippen LogP contribution in [0.25, 0.3) is 0 Å². The Labute approximate surface area is 100.0 Å². The van der Waals surface area contributed by atoms with Gasteiger partial charge in [0.15, 0.2) is 0 Å². The van der Waals surface area contributed by atoms with Crippen molar-refractivity contribution in [3.63, 3.8) is 0 Å². The molecule has 0 bridgehead atoms. The van der Waals surface area contributed by atoms with Crippen LogP contribution >= 0.6 is 11.8 Å². The molecule has 1 unspecified atom stereocenters. The van der Waals surface area contributed by atoms with E-state index < -0.39 is 0 Å². The number of aromatic nitrogens is 1. The van der Waals surface area contributed by atoms with E-state index in [2.05, 4.69) is 24.3 Å². The minimum absolute atomic E-state index is 0.160. The van der Waals surface area contributed by atoms with Crippen LogP contribution in [0.5, 0.6) is 0 Å². The molecule has 16 heavy (non-hydrogen) atoms. The van der Waals surface area contributed by atoms with Crippen molar-refractivity contribution in [3.05, 3.63) is 29.8 Å². The molecule has 0 aliphatic rings. The predicted octanol–water partition coefficient (Wildman–Crippen LogP) is 2.11. The zero-order chi connectivity index (χ0) is 12.0. The van der Waals surface area contributed by atoms with E-state index in [1.807, 2.05) is 0 Å².